The summed E-state index contributed by atoms with van der Waals surface area (Å²) in [5.74, 6) is 0. The van der Waals surface area contributed by atoms with E-state index in [1.165, 1.54) is 11.2 Å². The molecule has 108 valence electrons. The predicted molar refractivity (Wildman–Crippen MR) is 79.6 cm³/mol. The van der Waals surface area contributed by atoms with E-state index in [2.05, 4.69) is 5.10 Å². The van der Waals surface area contributed by atoms with Crippen LogP contribution in [0.3, 0.4) is 0 Å². The topological polar surface area (TPSA) is 71.2 Å². The number of carbonyl (C=O) groups excluding carboxylic acids is 1. The summed E-state index contributed by atoms with van der Waals surface area (Å²) in [4.78, 5) is 13.4. The van der Waals surface area contributed by atoms with Crippen molar-refractivity contribution in [2.75, 3.05) is 23.8 Å². The minimum atomic E-state index is -0.501. The number of rotatable bonds is 1. The molecule has 1 aliphatic heterocycles. The fourth-order valence-electron chi connectivity index (χ4n) is 1.74. The van der Waals surface area contributed by atoms with Gasteiger partial charge in [-0.2, -0.15) is 5.10 Å². The van der Waals surface area contributed by atoms with Crippen molar-refractivity contribution in [1.29, 1.82) is 0 Å². The molecule has 0 unspecified atom stereocenters. The summed E-state index contributed by atoms with van der Waals surface area (Å²) in [5, 5.41) is 6.07. The molecule has 0 fully saturated rings. The van der Waals surface area contributed by atoms with Crippen molar-refractivity contribution in [2.24, 2.45) is 5.10 Å². The zero-order valence-electron chi connectivity index (χ0n) is 12.0. The van der Waals surface area contributed by atoms with Crippen LogP contribution in [0, 0.1) is 0 Å². The number of nitrogens with zero attached hydrogens (tertiary/aromatic N) is 3. The number of ether oxygens (including phenoxy) is 1. The van der Waals surface area contributed by atoms with Gasteiger partial charge in [-0.3, -0.25) is 9.91 Å². The highest BCUT2D eigenvalue weighted by molar-refractivity contribution is 5.83. The second-order valence-electron chi connectivity index (χ2n) is 5.62. The van der Waals surface area contributed by atoms with Crippen molar-refractivity contribution in [3.63, 3.8) is 0 Å². The maximum absolute atomic E-state index is 11.9. The van der Waals surface area contributed by atoms with Crippen LogP contribution in [0.4, 0.5) is 16.2 Å². The minimum absolute atomic E-state index is 0.377. The molecule has 20 heavy (non-hydrogen) atoms. The Balaban J connectivity index is 2.00. The lowest BCUT2D eigenvalue weighted by Gasteiger charge is -2.30. The SMILES string of the molecule is CC(C)(C)OC(=O)N1C=NN(c2ccc(N)cc2)CC1. The molecule has 0 saturated heterocycles. The van der Waals surface area contributed by atoms with Gasteiger partial charge in [0.2, 0.25) is 0 Å². The first-order valence-electron chi connectivity index (χ1n) is 6.52. The molecule has 1 aliphatic rings. The van der Waals surface area contributed by atoms with Crippen LogP contribution in [0.2, 0.25) is 0 Å². The van der Waals surface area contributed by atoms with E-state index in [-0.39, 0.29) is 6.09 Å². The second-order valence-corrected chi connectivity index (χ2v) is 5.62. The zero-order valence-corrected chi connectivity index (χ0v) is 12.0. The van der Waals surface area contributed by atoms with Crippen LogP contribution in [0.1, 0.15) is 20.8 Å². The lowest BCUT2D eigenvalue weighted by atomic mass is 10.2. The molecule has 2 rings (SSSR count). The third-order valence-electron chi connectivity index (χ3n) is 2.70. The maximum atomic E-state index is 11.9. The van der Waals surface area contributed by atoms with Gasteiger partial charge in [0.1, 0.15) is 11.9 Å². The van der Waals surface area contributed by atoms with E-state index in [0.29, 0.717) is 18.8 Å². The second kappa shape index (κ2) is 5.40. The van der Waals surface area contributed by atoms with Gasteiger partial charge in [-0.1, -0.05) is 0 Å². The molecule has 0 atom stereocenters. The number of amides is 1. The van der Waals surface area contributed by atoms with Gasteiger partial charge < -0.3 is 10.5 Å². The van der Waals surface area contributed by atoms with Crippen LogP contribution in [0.5, 0.6) is 0 Å². The molecule has 6 heteroatoms. The van der Waals surface area contributed by atoms with Crippen LogP contribution < -0.4 is 10.7 Å². The summed E-state index contributed by atoms with van der Waals surface area (Å²) in [7, 11) is 0. The van der Waals surface area contributed by atoms with Crippen molar-refractivity contribution in [3.8, 4) is 0 Å². The van der Waals surface area contributed by atoms with Crippen LogP contribution in [0.15, 0.2) is 29.4 Å². The number of carbonyl (C=O) groups is 1. The highest BCUT2D eigenvalue weighted by Crippen LogP contribution is 2.18. The minimum Gasteiger partial charge on any atom is -0.443 e. The normalized spacial score (nSPS) is 15.3. The van der Waals surface area contributed by atoms with Crippen LogP contribution in [-0.4, -0.2) is 36.0 Å². The lowest BCUT2D eigenvalue weighted by Crippen LogP contribution is -2.43. The van der Waals surface area contributed by atoms with Crippen LogP contribution in [-0.2, 0) is 4.74 Å². The van der Waals surface area contributed by atoms with Gasteiger partial charge in [-0.05, 0) is 45.0 Å². The predicted octanol–water partition coefficient (Wildman–Crippen LogP) is 2.27. The first kappa shape index (κ1) is 14.2. The lowest BCUT2D eigenvalue weighted by molar-refractivity contribution is 0.0375. The van der Waals surface area contributed by atoms with Gasteiger partial charge in [-0.15, -0.1) is 0 Å². The fourth-order valence-corrected chi connectivity index (χ4v) is 1.74. The highest BCUT2D eigenvalue weighted by atomic mass is 16.6. The van der Waals surface area contributed by atoms with Crippen molar-refractivity contribution in [3.05, 3.63) is 24.3 Å². The Morgan fingerprint density at radius 2 is 1.90 bits per heavy atom. The molecule has 1 aromatic carbocycles. The molecule has 1 heterocycles. The Labute approximate surface area is 118 Å². The van der Waals surface area contributed by atoms with Gasteiger partial charge in [0.15, 0.2) is 0 Å². The monoisotopic (exact) mass is 276 g/mol. The molecule has 0 spiro atoms. The first-order chi connectivity index (χ1) is 9.35. The van der Waals surface area contributed by atoms with Gasteiger partial charge >= 0.3 is 6.09 Å². The molecule has 0 radical (unpaired) electrons. The van der Waals surface area contributed by atoms with Gasteiger partial charge in [0.05, 0.1) is 12.2 Å². The van der Waals surface area contributed by atoms with Crippen molar-refractivity contribution in [1.82, 2.24) is 4.90 Å². The van der Waals surface area contributed by atoms with E-state index in [1.54, 1.807) is 0 Å². The smallest absolute Gasteiger partial charge is 0.415 e. The first-order valence-corrected chi connectivity index (χ1v) is 6.52. The van der Waals surface area contributed by atoms with Gasteiger partial charge in [-0.25, -0.2) is 4.79 Å². The molecule has 1 amide bonds. The number of nitrogen functional groups attached to an aromatic ring is 1. The fraction of sp³-hybridized carbons (Fsp3) is 0.429. The highest BCUT2D eigenvalue weighted by Gasteiger charge is 2.23. The van der Waals surface area contributed by atoms with Crippen molar-refractivity contribution in [2.45, 2.75) is 26.4 Å². The Morgan fingerprint density at radius 3 is 2.40 bits per heavy atom. The van der Waals surface area contributed by atoms with E-state index in [1.807, 2.05) is 50.0 Å². The Bertz CT molecular complexity index is 505. The zero-order chi connectivity index (χ0) is 14.8. The quantitative estimate of drug-likeness (QED) is 0.799. The van der Waals surface area contributed by atoms with E-state index >= 15 is 0 Å². The third kappa shape index (κ3) is 3.63. The summed E-state index contributed by atoms with van der Waals surface area (Å²) in [6, 6.07) is 7.45. The molecule has 6 nitrogen and oxygen atoms in total. The maximum Gasteiger partial charge on any atom is 0.415 e. The van der Waals surface area contributed by atoms with E-state index in [0.717, 1.165) is 5.69 Å². The van der Waals surface area contributed by atoms with E-state index in [4.69, 9.17) is 10.5 Å². The summed E-state index contributed by atoms with van der Waals surface area (Å²) in [6.07, 6.45) is 1.12. The van der Waals surface area contributed by atoms with Crippen LogP contribution in [0.25, 0.3) is 0 Å². The molecule has 1 aromatic rings. The molecule has 0 saturated carbocycles. The molecule has 0 aliphatic carbocycles. The number of nitrogens with two attached hydrogens (primary N) is 1. The number of hydrazone groups is 1. The molecule has 2 N–H and O–H groups in total. The Hall–Kier alpha value is -2.24. The van der Waals surface area contributed by atoms with E-state index in [9.17, 15) is 4.79 Å². The summed E-state index contributed by atoms with van der Waals surface area (Å²) >= 11 is 0. The number of benzene rings is 1. The van der Waals surface area contributed by atoms with Crippen molar-refractivity contribution >= 4 is 23.8 Å². The van der Waals surface area contributed by atoms with Crippen molar-refractivity contribution < 1.29 is 9.53 Å². The largest absolute Gasteiger partial charge is 0.443 e. The number of hydrogen-bond donors (Lipinski definition) is 1. The van der Waals surface area contributed by atoms with Crippen LogP contribution >= 0.6 is 0 Å². The Morgan fingerprint density at radius 1 is 1.25 bits per heavy atom. The summed E-state index contributed by atoms with van der Waals surface area (Å²) in [5.41, 5.74) is 6.81. The number of hydrogen-bond acceptors (Lipinski definition) is 5. The molecular weight excluding hydrogens is 256 g/mol. The standard InChI is InChI=1S/C14H20N4O2/c1-14(2,3)20-13(19)17-8-9-18(16-10-17)12-6-4-11(15)5-7-12/h4-7,10H,8-9,15H2,1-3H3. The Kier molecular flexibility index (Phi) is 3.83. The average molecular weight is 276 g/mol. The summed E-state index contributed by atoms with van der Waals surface area (Å²) < 4.78 is 5.29. The van der Waals surface area contributed by atoms with Gasteiger partial charge in [0, 0.05) is 12.2 Å². The average Bonchev–Trinajstić information content (AvgIpc) is 2.38. The third-order valence-corrected chi connectivity index (χ3v) is 2.70. The summed E-state index contributed by atoms with van der Waals surface area (Å²) in [6.45, 7) is 6.66. The number of anilines is 2. The van der Waals surface area contributed by atoms with E-state index < -0.39 is 5.60 Å². The molecular formula is C14H20N4O2. The molecule has 0 aromatic heterocycles. The van der Waals surface area contributed by atoms with Gasteiger partial charge in [0.25, 0.3) is 0 Å². The molecule has 0 bridgehead atoms.